The lowest BCUT2D eigenvalue weighted by atomic mass is 10.1. The van der Waals surface area contributed by atoms with Gasteiger partial charge in [-0.3, -0.25) is 9.36 Å². The van der Waals surface area contributed by atoms with Gasteiger partial charge in [-0.05, 0) is 49.6 Å². The zero-order valence-electron chi connectivity index (χ0n) is 16.6. The molecule has 0 aliphatic rings. The molecule has 0 radical (unpaired) electrons. The van der Waals surface area contributed by atoms with Gasteiger partial charge in [-0.1, -0.05) is 41.6 Å². The number of nitrogens with one attached hydrogen (secondary N) is 1. The van der Waals surface area contributed by atoms with Crippen LogP contribution >= 0.6 is 11.8 Å². The molecular weight excluding hydrogens is 410 g/mol. The summed E-state index contributed by atoms with van der Waals surface area (Å²) in [5.41, 5.74) is 4.17. The lowest BCUT2D eigenvalue weighted by Gasteiger charge is -2.10. The minimum atomic E-state index is -2.84. The second-order valence-corrected chi connectivity index (χ2v) is 7.63. The number of alkyl halides is 2. The van der Waals surface area contributed by atoms with Crippen molar-refractivity contribution in [1.82, 2.24) is 20.1 Å². The summed E-state index contributed by atoms with van der Waals surface area (Å²) in [6.07, 6.45) is 2.23. The zero-order chi connectivity index (χ0) is 21.5. The second kappa shape index (κ2) is 10.2. The molecule has 158 valence electrons. The van der Waals surface area contributed by atoms with E-state index in [0.717, 1.165) is 16.8 Å². The highest BCUT2D eigenvalue weighted by atomic mass is 32.2. The number of nitrogens with zero attached hydrogens (tertiary/aromatic N) is 3. The smallest absolute Gasteiger partial charge is 0.387 e. The number of aromatic nitrogens is 3. The van der Waals surface area contributed by atoms with E-state index in [2.05, 4.69) is 26.3 Å². The lowest BCUT2D eigenvalue weighted by molar-refractivity contribution is -0.118. The third kappa shape index (κ3) is 6.03. The van der Waals surface area contributed by atoms with Gasteiger partial charge in [0.1, 0.15) is 12.1 Å². The fourth-order valence-corrected chi connectivity index (χ4v) is 3.68. The number of ether oxygens (including phenoxy) is 1. The van der Waals surface area contributed by atoms with E-state index in [1.807, 2.05) is 30.5 Å². The van der Waals surface area contributed by atoms with Crippen molar-refractivity contribution in [2.75, 3.05) is 12.3 Å². The van der Waals surface area contributed by atoms with Crippen LogP contribution in [0.4, 0.5) is 8.78 Å². The fraction of sp³-hybridized carbons (Fsp3) is 0.286. The summed E-state index contributed by atoms with van der Waals surface area (Å²) in [5, 5.41) is 11.6. The molecule has 1 heterocycles. The van der Waals surface area contributed by atoms with Crippen LogP contribution in [0.25, 0.3) is 5.69 Å². The van der Waals surface area contributed by atoms with Crippen LogP contribution in [-0.2, 0) is 11.2 Å². The van der Waals surface area contributed by atoms with Gasteiger partial charge >= 0.3 is 6.61 Å². The summed E-state index contributed by atoms with van der Waals surface area (Å²) in [6, 6.07) is 12.5. The zero-order valence-corrected chi connectivity index (χ0v) is 17.5. The van der Waals surface area contributed by atoms with Crippen molar-refractivity contribution in [1.29, 1.82) is 0 Å². The highest BCUT2D eigenvalue weighted by Crippen LogP contribution is 2.22. The minimum Gasteiger partial charge on any atom is -0.435 e. The van der Waals surface area contributed by atoms with Crippen LogP contribution in [0.1, 0.15) is 16.7 Å². The number of benzene rings is 2. The molecule has 6 nitrogen and oxygen atoms in total. The quantitative estimate of drug-likeness (QED) is 0.519. The summed E-state index contributed by atoms with van der Waals surface area (Å²) in [7, 11) is 0. The van der Waals surface area contributed by atoms with Gasteiger partial charge in [0.25, 0.3) is 0 Å². The predicted molar refractivity (Wildman–Crippen MR) is 111 cm³/mol. The molecule has 0 aliphatic carbocycles. The van der Waals surface area contributed by atoms with E-state index in [9.17, 15) is 13.6 Å². The Morgan fingerprint density at radius 3 is 2.67 bits per heavy atom. The van der Waals surface area contributed by atoms with Crippen molar-refractivity contribution in [3.63, 3.8) is 0 Å². The molecular formula is C21H22F2N4O2S. The number of thioether (sulfide) groups is 1. The van der Waals surface area contributed by atoms with Crippen LogP contribution < -0.4 is 10.1 Å². The number of carbonyl (C=O) groups is 1. The first-order chi connectivity index (χ1) is 14.4. The van der Waals surface area contributed by atoms with Crippen molar-refractivity contribution < 1.29 is 18.3 Å². The van der Waals surface area contributed by atoms with Gasteiger partial charge in [0, 0.05) is 6.54 Å². The third-order valence-electron chi connectivity index (χ3n) is 4.35. The fourth-order valence-electron chi connectivity index (χ4n) is 2.93. The first-order valence-electron chi connectivity index (χ1n) is 9.33. The molecule has 30 heavy (non-hydrogen) atoms. The van der Waals surface area contributed by atoms with E-state index in [1.165, 1.54) is 29.5 Å². The van der Waals surface area contributed by atoms with E-state index in [4.69, 9.17) is 0 Å². The molecule has 9 heteroatoms. The number of carbonyl (C=O) groups excluding carboxylic acids is 1. The van der Waals surface area contributed by atoms with Crippen molar-refractivity contribution in [3.05, 3.63) is 65.5 Å². The lowest BCUT2D eigenvalue weighted by Crippen LogP contribution is -2.27. The van der Waals surface area contributed by atoms with E-state index >= 15 is 0 Å². The summed E-state index contributed by atoms with van der Waals surface area (Å²) in [6.45, 7) is 1.66. The molecule has 0 bridgehead atoms. The van der Waals surface area contributed by atoms with Crippen LogP contribution in [0, 0.1) is 13.8 Å². The Balaban J connectivity index is 1.47. The van der Waals surface area contributed by atoms with Crippen molar-refractivity contribution in [2.24, 2.45) is 0 Å². The molecule has 0 saturated carbocycles. The molecule has 3 aromatic rings. The van der Waals surface area contributed by atoms with E-state index in [-0.39, 0.29) is 17.4 Å². The predicted octanol–water partition coefficient (Wildman–Crippen LogP) is 3.94. The Kier molecular flexibility index (Phi) is 7.40. The maximum Gasteiger partial charge on any atom is 0.387 e. The van der Waals surface area contributed by atoms with Crippen molar-refractivity contribution in [2.45, 2.75) is 32.0 Å². The largest absolute Gasteiger partial charge is 0.435 e. The maximum atomic E-state index is 12.2. The molecule has 0 saturated heterocycles. The van der Waals surface area contributed by atoms with Crippen molar-refractivity contribution in [3.8, 4) is 11.4 Å². The van der Waals surface area contributed by atoms with Gasteiger partial charge < -0.3 is 10.1 Å². The van der Waals surface area contributed by atoms with Crippen LogP contribution in [0.3, 0.4) is 0 Å². The summed E-state index contributed by atoms with van der Waals surface area (Å²) in [4.78, 5) is 12.2. The molecule has 0 spiro atoms. The van der Waals surface area contributed by atoms with Gasteiger partial charge in [-0.2, -0.15) is 8.78 Å². The number of aryl methyl sites for hydroxylation is 2. The monoisotopic (exact) mass is 432 g/mol. The Bertz CT molecular complexity index is 993. The van der Waals surface area contributed by atoms with E-state index in [1.54, 1.807) is 18.5 Å². The summed E-state index contributed by atoms with van der Waals surface area (Å²) in [5.74, 6) is 0.208. The number of hydrogen-bond donors (Lipinski definition) is 1. The van der Waals surface area contributed by atoms with Gasteiger partial charge in [0.15, 0.2) is 5.16 Å². The van der Waals surface area contributed by atoms with Gasteiger partial charge in [0.05, 0.1) is 11.4 Å². The molecule has 3 rings (SSSR count). The summed E-state index contributed by atoms with van der Waals surface area (Å²) < 4.78 is 30.5. The number of halogens is 2. The Morgan fingerprint density at radius 2 is 1.97 bits per heavy atom. The topological polar surface area (TPSA) is 69.0 Å². The van der Waals surface area contributed by atoms with Gasteiger partial charge in [0.2, 0.25) is 5.91 Å². The van der Waals surface area contributed by atoms with Crippen LogP contribution in [0.5, 0.6) is 5.75 Å². The highest BCUT2D eigenvalue weighted by molar-refractivity contribution is 7.99. The standard InChI is InChI=1S/C21H22F2N4O2S/c1-14-3-8-18(15(2)11-14)27-13-25-26-21(27)30-12-19(28)24-10-9-16-4-6-17(7-5-16)29-20(22)23/h3-8,11,13,20H,9-10,12H2,1-2H3,(H,24,28). The van der Waals surface area contributed by atoms with Crippen LogP contribution in [0.15, 0.2) is 53.9 Å². The first-order valence-corrected chi connectivity index (χ1v) is 10.3. The highest BCUT2D eigenvalue weighted by Gasteiger charge is 2.12. The molecule has 0 unspecified atom stereocenters. The molecule has 2 aromatic carbocycles. The first kappa shape index (κ1) is 21.8. The number of amides is 1. The molecule has 1 amide bonds. The van der Waals surface area contributed by atoms with Crippen LogP contribution in [-0.4, -0.2) is 39.6 Å². The maximum absolute atomic E-state index is 12.2. The Labute approximate surface area is 177 Å². The Morgan fingerprint density at radius 1 is 1.20 bits per heavy atom. The third-order valence-corrected chi connectivity index (χ3v) is 5.29. The number of hydrogen-bond acceptors (Lipinski definition) is 5. The van der Waals surface area contributed by atoms with E-state index in [0.29, 0.717) is 18.1 Å². The van der Waals surface area contributed by atoms with E-state index < -0.39 is 6.61 Å². The second-order valence-electron chi connectivity index (χ2n) is 6.68. The number of rotatable bonds is 9. The molecule has 1 aromatic heterocycles. The molecule has 0 aliphatic heterocycles. The average Bonchev–Trinajstić information content (AvgIpc) is 3.15. The normalized spacial score (nSPS) is 11.0. The molecule has 1 N–H and O–H groups in total. The van der Waals surface area contributed by atoms with Crippen LogP contribution in [0.2, 0.25) is 0 Å². The Hall–Kier alpha value is -2.94. The molecule has 0 atom stereocenters. The van der Waals surface area contributed by atoms with Gasteiger partial charge in [-0.15, -0.1) is 10.2 Å². The minimum absolute atomic E-state index is 0.113. The average molecular weight is 432 g/mol. The van der Waals surface area contributed by atoms with Gasteiger partial charge in [-0.25, -0.2) is 0 Å². The summed E-state index contributed by atoms with van der Waals surface area (Å²) >= 11 is 1.31. The molecule has 0 fully saturated rings. The SMILES string of the molecule is Cc1ccc(-n2cnnc2SCC(=O)NCCc2ccc(OC(F)F)cc2)c(C)c1. The van der Waals surface area contributed by atoms with Crippen molar-refractivity contribution >= 4 is 17.7 Å².